The molecule has 2 fully saturated rings. The summed E-state index contributed by atoms with van der Waals surface area (Å²) in [5.41, 5.74) is 5.48. The Kier molecular flexibility index (Phi) is 3.29. The smallest absolute Gasteiger partial charge is 0.243 e. The molecule has 0 aliphatic heterocycles. The maximum absolute atomic E-state index is 13.1. The number of halogens is 2. The van der Waals surface area contributed by atoms with Gasteiger partial charge in [0.05, 0.1) is 0 Å². The van der Waals surface area contributed by atoms with Crippen LogP contribution in [0.3, 0.4) is 0 Å². The molecule has 2 N–H and O–H groups in total. The molecule has 0 aromatic carbocycles. The van der Waals surface area contributed by atoms with Crippen LogP contribution in [0.2, 0.25) is 0 Å². The fourth-order valence-electron chi connectivity index (χ4n) is 3.07. The molecule has 88 valence electrons. The lowest BCUT2D eigenvalue weighted by molar-refractivity contribution is 0.0171. The quantitative estimate of drug-likeness (QED) is 0.721. The van der Waals surface area contributed by atoms with E-state index < -0.39 is 17.9 Å². The Morgan fingerprint density at radius 2 is 1.53 bits per heavy atom. The van der Waals surface area contributed by atoms with E-state index >= 15 is 0 Å². The maximum atomic E-state index is 13.1. The predicted molar refractivity (Wildman–Crippen MR) is 56.8 cm³/mol. The second-order valence-corrected chi connectivity index (χ2v) is 5.35. The summed E-state index contributed by atoms with van der Waals surface area (Å²) in [6, 6.07) is 0. The zero-order valence-corrected chi connectivity index (χ0v) is 9.22. The Labute approximate surface area is 90.4 Å². The minimum Gasteiger partial charge on any atom is -0.325 e. The lowest BCUT2D eigenvalue weighted by atomic mass is 9.80. The first kappa shape index (κ1) is 11.3. The molecule has 0 amide bonds. The zero-order chi connectivity index (χ0) is 10.9. The van der Waals surface area contributed by atoms with Crippen LogP contribution in [-0.4, -0.2) is 12.0 Å². The van der Waals surface area contributed by atoms with E-state index in [-0.39, 0.29) is 5.92 Å². The molecule has 0 radical (unpaired) electrons. The number of alkyl halides is 2. The van der Waals surface area contributed by atoms with Crippen LogP contribution in [0.4, 0.5) is 8.78 Å². The highest BCUT2D eigenvalue weighted by molar-refractivity contribution is 5.06. The van der Waals surface area contributed by atoms with Gasteiger partial charge < -0.3 is 5.73 Å². The molecule has 2 aliphatic rings. The number of hydrogen-bond donors (Lipinski definition) is 1. The largest absolute Gasteiger partial charge is 0.325 e. The van der Waals surface area contributed by atoms with Gasteiger partial charge in [-0.25, -0.2) is 8.78 Å². The van der Waals surface area contributed by atoms with Gasteiger partial charge in [0.25, 0.3) is 0 Å². The van der Waals surface area contributed by atoms with Crippen LogP contribution in [0, 0.1) is 11.8 Å². The van der Waals surface area contributed by atoms with Crippen molar-refractivity contribution in [3.8, 4) is 0 Å². The molecule has 0 heterocycles. The number of nitrogens with two attached hydrogens (primary N) is 1. The maximum Gasteiger partial charge on any atom is 0.243 e. The Morgan fingerprint density at radius 3 is 1.93 bits per heavy atom. The standard InChI is InChI=1S/C12H21F2N/c13-11(14)10(12(15)7-8-12)9-5-3-1-2-4-6-9/h9-11H,1-8,15H2. The van der Waals surface area contributed by atoms with Crippen LogP contribution >= 0.6 is 0 Å². The third-order valence-electron chi connectivity index (χ3n) is 4.17. The summed E-state index contributed by atoms with van der Waals surface area (Å²) in [5.74, 6) is -0.351. The van der Waals surface area contributed by atoms with Crippen LogP contribution in [0.1, 0.15) is 51.4 Å². The van der Waals surface area contributed by atoms with Gasteiger partial charge in [-0.2, -0.15) is 0 Å². The Bertz CT molecular complexity index is 206. The second-order valence-electron chi connectivity index (χ2n) is 5.35. The molecule has 0 aromatic rings. The first-order chi connectivity index (χ1) is 7.13. The summed E-state index contributed by atoms with van der Waals surface area (Å²) in [4.78, 5) is 0. The summed E-state index contributed by atoms with van der Waals surface area (Å²) in [6.07, 6.45) is 5.97. The van der Waals surface area contributed by atoms with Crippen molar-refractivity contribution in [2.45, 2.75) is 63.3 Å². The Balaban J connectivity index is 2.02. The van der Waals surface area contributed by atoms with Crippen molar-refractivity contribution in [1.29, 1.82) is 0 Å². The van der Waals surface area contributed by atoms with Gasteiger partial charge in [0.2, 0.25) is 6.43 Å². The average molecular weight is 217 g/mol. The van der Waals surface area contributed by atoms with Crippen molar-refractivity contribution < 1.29 is 8.78 Å². The third-order valence-corrected chi connectivity index (χ3v) is 4.17. The molecular formula is C12H21F2N. The van der Waals surface area contributed by atoms with Gasteiger partial charge in [-0.3, -0.25) is 0 Å². The highest BCUT2D eigenvalue weighted by atomic mass is 19.3. The molecular weight excluding hydrogens is 196 g/mol. The lowest BCUT2D eigenvalue weighted by Crippen LogP contribution is -2.41. The lowest BCUT2D eigenvalue weighted by Gasteiger charge is -2.30. The van der Waals surface area contributed by atoms with Crippen LogP contribution in [0.25, 0.3) is 0 Å². The van der Waals surface area contributed by atoms with Gasteiger partial charge in [-0.1, -0.05) is 25.7 Å². The Hall–Kier alpha value is -0.180. The first-order valence-corrected chi connectivity index (χ1v) is 6.20. The van der Waals surface area contributed by atoms with Crippen LogP contribution in [-0.2, 0) is 0 Å². The fraction of sp³-hybridized carbons (Fsp3) is 1.00. The molecule has 0 saturated heterocycles. The van der Waals surface area contributed by atoms with Crippen LogP contribution in [0.15, 0.2) is 0 Å². The first-order valence-electron chi connectivity index (χ1n) is 6.20. The molecule has 15 heavy (non-hydrogen) atoms. The molecule has 3 heteroatoms. The summed E-state index contributed by atoms with van der Waals surface area (Å²) in [7, 11) is 0. The highest BCUT2D eigenvalue weighted by Crippen LogP contribution is 2.48. The van der Waals surface area contributed by atoms with E-state index in [0.717, 1.165) is 38.5 Å². The van der Waals surface area contributed by atoms with Crippen molar-refractivity contribution in [2.75, 3.05) is 0 Å². The molecule has 2 saturated carbocycles. The van der Waals surface area contributed by atoms with Gasteiger partial charge >= 0.3 is 0 Å². The normalized spacial score (nSPS) is 28.8. The molecule has 1 unspecified atom stereocenters. The summed E-state index contributed by atoms with van der Waals surface area (Å²) >= 11 is 0. The molecule has 0 bridgehead atoms. The van der Waals surface area contributed by atoms with E-state index in [1.807, 2.05) is 0 Å². The van der Waals surface area contributed by atoms with Gasteiger partial charge in [0, 0.05) is 11.5 Å². The van der Waals surface area contributed by atoms with E-state index in [1.165, 1.54) is 12.8 Å². The molecule has 2 aliphatic carbocycles. The minimum atomic E-state index is -2.22. The molecule has 1 nitrogen and oxygen atoms in total. The van der Waals surface area contributed by atoms with Crippen molar-refractivity contribution in [2.24, 2.45) is 17.6 Å². The van der Waals surface area contributed by atoms with Gasteiger partial charge in [-0.05, 0) is 31.6 Å². The summed E-state index contributed by atoms with van der Waals surface area (Å²) < 4.78 is 26.1. The van der Waals surface area contributed by atoms with E-state index in [1.54, 1.807) is 0 Å². The second kappa shape index (κ2) is 4.36. The van der Waals surface area contributed by atoms with Crippen molar-refractivity contribution in [1.82, 2.24) is 0 Å². The van der Waals surface area contributed by atoms with E-state index in [9.17, 15) is 8.78 Å². The van der Waals surface area contributed by atoms with Crippen molar-refractivity contribution in [3.05, 3.63) is 0 Å². The average Bonchev–Trinajstić information content (AvgIpc) is 2.92. The van der Waals surface area contributed by atoms with Crippen LogP contribution in [0.5, 0.6) is 0 Å². The van der Waals surface area contributed by atoms with Gasteiger partial charge in [0.15, 0.2) is 0 Å². The minimum absolute atomic E-state index is 0.181. The van der Waals surface area contributed by atoms with Gasteiger partial charge in [0.1, 0.15) is 0 Å². The highest BCUT2D eigenvalue weighted by Gasteiger charge is 2.52. The number of rotatable bonds is 3. The van der Waals surface area contributed by atoms with Crippen LogP contribution < -0.4 is 5.73 Å². The predicted octanol–water partition coefficient (Wildman–Crippen LogP) is 3.33. The summed E-state index contributed by atoms with van der Waals surface area (Å²) in [5, 5.41) is 0. The van der Waals surface area contributed by atoms with E-state index in [4.69, 9.17) is 5.73 Å². The van der Waals surface area contributed by atoms with E-state index in [2.05, 4.69) is 0 Å². The monoisotopic (exact) mass is 217 g/mol. The summed E-state index contributed by atoms with van der Waals surface area (Å²) in [6.45, 7) is 0. The molecule has 1 atom stereocenters. The number of hydrogen-bond acceptors (Lipinski definition) is 1. The van der Waals surface area contributed by atoms with Crippen molar-refractivity contribution >= 4 is 0 Å². The zero-order valence-electron chi connectivity index (χ0n) is 9.22. The third kappa shape index (κ3) is 2.49. The van der Waals surface area contributed by atoms with Gasteiger partial charge in [-0.15, -0.1) is 0 Å². The Morgan fingerprint density at radius 1 is 1.00 bits per heavy atom. The topological polar surface area (TPSA) is 26.0 Å². The molecule has 2 rings (SSSR count). The molecule has 0 aromatic heterocycles. The SMILES string of the molecule is NC1(C(C(F)F)C2CCCCCC2)CC1. The van der Waals surface area contributed by atoms with E-state index in [0.29, 0.717) is 0 Å². The fourth-order valence-corrected chi connectivity index (χ4v) is 3.07. The van der Waals surface area contributed by atoms with Crippen molar-refractivity contribution in [3.63, 3.8) is 0 Å². The molecule has 0 spiro atoms.